The smallest absolute Gasteiger partial charge is 0.303 e. The number of carbonyl (C=O) groups excluding carboxylic acids is 1. The standard InChI is InChI=1S/C14H17NO3S/c1-2-10-3-4-11-12(9-10)19-8-7-15(11)13(16)5-6-14(17)18/h3-4,9H,2,5-8H2,1H3,(H,17,18). The first-order valence-electron chi connectivity index (χ1n) is 6.39. The summed E-state index contributed by atoms with van der Waals surface area (Å²) in [6.45, 7) is 2.76. The summed E-state index contributed by atoms with van der Waals surface area (Å²) in [6.07, 6.45) is 0.931. The normalized spacial score (nSPS) is 14.1. The third-order valence-electron chi connectivity index (χ3n) is 3.15. The molecule has 0 saturated carbocycles. The summed E-state index contributed by atoms with van der Waals surface area (Å²) in [5, 5.41) is 8.65. The highest BCUT2D eigenvalue weighted by Gasteiger charge is 2.23. The van der Waals surface area contributed by atoms with Crippen LogP contribution in [0.25, 0.3) is 0 Å². The maximum atomic E-state index is 12.1. The van der Waals surface area contributed by atoms with Crippen molar-refractivity contribution < 1.29 is 14.7 Å². The molecule has 102 valence electrons. The molecule has 0 unspecified atom stereocenters. The van der Waals surface area contributed by atoms with Gasteiger partial charge in [0.25, 0.3) is 0 Å². The van der Waals surface area contributed by atoms with Gasteiger partial charge in [-0.3, -0.25) is 9.59 Å². The third kappa shape index (κ3) is 3.29. The molecule has 0 aliphatic carbocycles. The average molecular weight is 279 g/mol. The zero-order valence-electron chi connectivity index (χ0n) is 10.9. The van der Waals surface area contributed by atoms with Gasteiger partial charge in [-0.05, 0) is 24.1 Å². The molecule has 19 heavy (non-hydrogen) atoms. The van der Waals surface area contributed by atoms with E-state index < -0.39 is 5.97 Å². The molecule has 0 spiro atoms. The summed E-state index contributed by atoms with van der Waals surface area (Å²) in [4.78, 5) is 25.5. The molecule has 2 rings (SSSR count). The van der Waals surface area contributed by atoms with Crippen molar-refractivity contribution >= 4 is 29.3 Å². The molecular weight excluding hydrogens is 262 g/mol. The summed E-state index contributed by atoms with van der Waals surface area (Å²) in [7, 11) is 0. The van der Waals surface area contributed by atoms with Crippen LogP contribution in [0.2, 0.25) is 0 Å². The Morgan fingerprint density at radius 3 is 2.84 bits per heavy atom. The zero-order chi connectivity index (χ0) is 13.8. The van der Waals surface area contributed by atoms with Crippen LogP contribution >= 0.6 is 11.8 Å². The largest absolute Gasteiger partial charge is 0.481 e. The number of amides is 1. The Labute approximate surface area is 116 Å². The molecule has 0 fully saturated rings. The van der Waals surface area contributed by atoms with Crippen molar-refractivity contribution in [2.24, 2.45) is 0 Å². The van der Waals surface area contributed by atoms with Crippen molar-refractivity contribution in [2.75, 3.05) is 17.2 Å². The fourth-order valence-corrected chi connectivity index (χ4v) is 3.15. The summed E-state index contributed by atoms with van der Waals surface area (Å²) >= 11 is 1.75. The Hall–Kier alpha value is -1.49. The second kappa shape index (κ2) is 6.10. The van der Waals surface area contributed by atoms with E-state index in [-0.39, 0.29) is 18.7 Å². The van der Waals surface area contributed by atoms with Crippen LogP contribution < -0.4 is 4.90 Å². The van der Waals surface area contributed by atoms with E-state index in [0.717, 1.165) is 22.8 Å². The minimum atomic E-state index is -0.929. The van der Waals surface area contributed by atoms with Crippen LogP contribution in [0.1, 0.15) is 25.3 Å². The molecule has 1 heterocycles. The summed E-state index contributed by atoms with van der Waals surface area (Å²) in [6, 6.07) is 6.12. The highest BCUT2D eigenvalue weighted by molar-refractivity contribution is 7.99. The number of nitrogens with zero attached hydrogens (tertiary/aromatic N) is 1. The SMILES string of the molecule is CCc1ccc2c(c1)SCCN2C(=O)CCC(=O)O. The maximum Gasteiger partial charge on any atom is 0.303 e. The van der Waals surface area contributed by atoms with Crippen molar-refractivity contribution in [3.8, 4) is 0 Å². The lowest BCUT2D eigenvalue weighted by Crippen LogP contribution is -2.35. The van der Waals surface area contributed by atoms with Crippen molar-refractivity contribution in [2.45, 2.75) is 31.1 Å². The van der Waals surface area contributed by atoms with Crippen molar-refractivity contribution in [3.63, 3.8) is 0 Å². The Bertz CT molecular complexity index is 501. The first kappa shape index (κ1) is 13.9. The summed E-state index contributed by atoms with van der Waals surface area (Å²) < 4.78 is 0. The first-order chi connectivity index (χ1) is 9.11. The Morgan fingerprint density at radius 2 is 2.16 bits per heavy atom. The van der Waals surface area contributed by atoms with Crippen LogP contribution in [-0.2, 0) is 16.0 Å². The van der Waals surface area contributed by atoms with E-state index in [1.54, 1.807) is 16.7 Å². The van der Waals surface area contributed by atoms with Gasteiger partial charge in [0.15, 0.2) is 0 Å². The van der Waals surface area contributed by atoms with Gasteiger partial charge in [-0.2, -0.15) is 0 Å². The van der Waals surface area contributed by atoms with Crippen molar-refractivity contribution in [1.82, 2.24) is 0 Å². The third-order valence-corrected chi connectivity index (χ3v) is 4.17. The predicted octanol–water partition coefficient (Wildman–Crippen LogP) is 2.55. The lowest BCUT2D eigenvalue weighted by atomic mass is 10.1. The van der Waals surface area contributed by atoms with Gasteiger partial charge in [-0.1, -0.05) is 13.0 Å². The minimum Gasteiger partial charge on any atom is -0.481 e. The Kier molecular flexibility index (Phi) is 4.47. The maximum absolute atomic E-state index is 12.1. The monoisotopic (exact) mass is 279 g/mol. The Balaban J connectivity index is 2.17. The predicted molar refractivity (Wildman–Crippen MR) is 75.8 cm³/mol. The second-order valence-electron chi connectivity index (χ2n) is 4.44. The number of carboxylic acid groups (broad SMARTS) is 1. The lowest BCUT2D eigenvalue weighted by molar-refractivity contribution is -0.138. The number of hydrogen-bond acceptors (Lipinski definition) is 3. The molecule has 1 amide bonds. The molecule has 0 aromatic heterocycles. The number of hydrogen-bond donors (Lipinski definition) is 1. The number of carbonyl (C=O) groups is 2. The Morgan fingerprint density at radius 1 is 1.37 bits per heavy atom. The van der Waals surface area contributed by atoms with Gasteiger partial charge < -0.3 is 10.0 Å². The van der Waals surface area contributed by atoms with Crippen LogP contribution in [0.5, 0.6) is 0 Å². The molecule has 1 N–H and O–H groups in total. The molecule has 0 saturated heterocycles. The van der Waals surface area contributed by atoms with Crippen LogP contribution in [0.4, 0.5) is 5.69 Å². The van der Waals surface area contributed by atoms with Gasteiger partial charge in [0.05, 0.1) is 12.1 Å². The van der Waals surface area contributed by atoms with E-state index in [9.17, 15) is 9.59 Å². The van der Waals surface area contributed by atoms with Gasteiger partial charge >= 0.3 is 5.97 Å². The van der Waals surface area contributed by atoms with Gasteiger partial charge in [0, 0.05) is 23.6 Å². The quantitative estimate of drug-likeness (QED) is 0.920. The number of fused-ring (bicyclic) bond motifs is 1. The number of rotatable bonds is 4. The van der Waals surface area contributed by atoms with Gasteiger partial charge in [0.1, 0.15) is 0 Å². The van der Waals surface area contributed by atoms with E-state index in [1.165, 1.54) is 5.56 Å². The fraction of sp³-hybridized carbons (Fsp3) is 0.429. The molecule has 1 aliphatic heterocycles. The number of aliphatic carboxylic acids is 1. The van der Waals surface area contributed by atoms with Crippen LogP contribution in [0.15, 0.2) is 23.1 Å². The number of aryl methyl sites for hydroxylation is 1. The van der Waals surface area contributed by atoms with Gasteiger partial charge in [-0.15, -0.1) is 11.8 Å². The second-order valence-corrected chi connectivity index (χ2v) is 5.58. The molecule has 0 bridgehead atoms. The number of carboxylic acids is 1. The van der Waals surface area contributed by atoms with E-state index in [2.05, 4.69) is 13.0 Å². The average Bonchev–Trinajstić information content (AvgIpc) is 2.43. The molecule has 1 aromatic carbocycles. The first-order valence-corrected chi connectivity index (χ1v) is 7.38. The van der Waals surface area contributed by atoms with Crippen molar-refractivity contribution in [1.29, 1.82) is 0 Å². The van der Waals surface area contributed by atoms with E-state index in [0.29, 0.717) is 6.54 Å². The molecule has 1 aromatic rings. The van der Waals surface area contributed by atoms with Crippen LogP contribution in [0.3, 0.4) is 0 Å². The number of benzene rings is 1. The number of anilines is 1. The summed E-state index contributed by atoms with van der Waals surface area (Å²) in [5.74, 6) is -0.173. The topological polar surface area (TPSA) is 57.6 Å². The highest BCUT2D eigenvalue weighted by Crippen LogP contribution is 2.35. The molecule has 5 heteroatoms. The van der Waals surface area contributed by atoms with Crippen LogP contribution in [0, 0.1) is 0 Å². The fourth-order valence-electron chi connectivity index (χ4n) is 2.09. The zero-order valence-corrected chi connectivity index (χ0v) is 11.7. The van der Waals surface area contributed by atoms with Crippen molar-refractivity contribution in [3.05, 3.63) is 23.8 Å². The number of thioether (sulfide) groups is 1. The van der Waals surface area contributed by atoms with Crippen LogP contribution in [-0.4, -0.2) is 29.3 Å². The summed E-state index contributed by atoms with van der Waals surface area (Å²) in [5.41, 5.74) is 2.18. The molecule has 4 nitrogen and oxygen atoms in total. The minimum absolute atomic E-state index is 0.0645. The van der Waals surface area contributed by atoms with E-state index in [4.69, 9.17) is 5.11 Å². The molecular formula is C14H17NO3S. The molecule has 0 atom stereocenters. The van der Waals surface area contributed by atoms with Gasteiger partial charge in [0.2, 0.25) is 5.91 Å². The molecule has 1 aliphatic rings. The lowest BCUT2D eigenvalue weighted by Gasteiger charge is -2.29. The molecule has 0 radical (unpaired) electrons. The van der Waals surface area contributed by atoms with Gasteiger partial charge in [-0.25, -0.2) is 0 Å². The van der Waals surface area contributed by atoms with E-state index >= 15 is 0 Å². The highest BCUT2D eigenvalue weighted by atomic mass is 32.2. The van der Waals surface area contributed by atoms with E-state index in [1.807, 2.05) is 12.1 Å².